The van der Waals surface area contributed by atoms with Gasteiger partial charge < -0.3 is 4.74 Å². The van der Waals surface area contributed by atoms with Crippen molar-refractivity contribution in [3.8, 4) is 0 Å². The predicted octanol–water partition coefficient (Wildman–Crippen LogP) is 1.63. The number of amides is 1. The van der Waals surface area contributed by atoms with E-state index in [2.05, 4.69) is 0 Å². The maximum atomic E-state index is 11.1. The van der Waals surface area contributed by atoms with Gasteiger partial charge in [-0.05, 0) is 27.7 Å². The molecule has 11 heavy (non-hydrogen) atoms. The Balaban J connectivity index is 2.68. The number of hydrogen-bond donors (Lipinski definition) is 0. The van der Waals surface area contributed by atoms with E-state index in [9.17, 15) is 4.79 Å². The van der Waals surface area contributed by atoms with Crippen LogP contribution in [0.2, 0.25) is 0 Å². The van der Waals surface area contributed by atoms with Gasteiger partial charge in [0.25, 0.3) is 0 Å². The molecule has 0 bridgehead atoms. The average molecular weight is 157 g/mol. The summed E-state index contributed by atoms with van der Waals surface area (Å²) in [5, 5.41) is 0. The Kier molecular flexibility index (Phi) is 1.82. The molecule has 1 aliphatic heterocycles. The fourth-order valence-corrected chi connectivity index (χ4v) is 1.15. The minimum absolute atomic E-state index is 0.0433. The number of carbonyl (C=O) groups excluding carboxylic acids is 1. The number of hydrogen-bond acceptors (Lipinski definition) is 2. The first kappa shape index (κ1) is 8.37. The SMILES string of the molecule is C[C@@H]1CN(C(C)(C)C)C(=O)O1. The summed E-state index contributed by atoms with van der Waals surface area (Å²) in [7, 11) is 0. The molecular formula is C8H15NO2. The highest BCUT2D eigenvalue weighted by Crippen LogP contribution is 2.21. The Morgan fingerprint density at radius 2 is 2.09 bits per heavy atom. The van der Waals surface area contributed by atoms with Crippen molar-refractivity contribution in [3.63, 3.8) is 0 Å². The molecular weight excluding hydrogens is 142 g/mol. The number of nitrogens with zero attached hydrogens (tertiary/aromatic N) is 1. The fourth-order valence-electron chi connectivity index (χ4n) is 1.15. The van der Waals surface area contributed by atoms with Gasteiger partial charge in [0.1, 0.15) is 6.10 Å². The molecule has 0 aromatic rings. The highest BCUT2D eigenvalue weighted by Gasteiger charge is 2.35. The highest BCUT2D eigenvalue weighted by atomic mass is 16.6. The smallest absolute Gasteiger partial charge is 0.410 e. The molecule has 0 saturated carbocycles. The molecule has 0 N–H and O–H groups in total. The van der Waals surface area contributed by atoms with Gasteiger partial charge in [-0.2, -0.15) is 0 Å². The molecule has 64 valence electrons. The molecule has 0 unspecified atom stereocenters. The molecule has 1 fully saturated rings. The minimum Gasteiger partial charge on any atom is -0.444 e. The van der Waals surface area contributed by atoms with Crippen molar-refractivity contribution in [3.05, 3.63) is 0 Å². The van der Waals surface area contributed by atoms with Crippen molar-refractivity contribution < 1.29 is 9.53 Å². The van der Waals surface area contributed by atoms with Gasteiger partial charge >= 0.3 is 6.09 Å². The molecule has 0 aromatic carbocycles. The molecule has 1 atom stereocenters. The molecule has 1 rings (SSSR count). The lowest BCUT2D eigenvalue weighted by atomic mass is 10.1. The summed E-state index contributed by atoms with van der Waals surface area (Å²) < 4.78 is 4.99. The molecule has 3 heteroatoms. The fraction of sp³-hybridized carbons (Fsp3) is 0.875. The molecule has 3 nitrogen and oxygen atoms in total. The zero-order valence-corrected chi connectivity index (χ0v) is 7.55. The summed E-state index contributed by atoms with van der Waals surface area (Å²) in [6.45, 7) is 8.64. The zero-order chi connectivity index (χ0) is 8.65. The van der Waals surface area contributed by atoms with E-state index in [-0.39, 0.29) is 17.7 Å². The number of ether oxygens (including phenoxy) is 1. The monoisotopic (exact) mass is 157 g/mol. The second-order valence-electron chi connectivity index (χ2n) is 3.98. The van der Waals surface area contributed by atoms with Crippen LogP contribution < -0.4 is 0 Å². The van der Waals surface area contributed by atoms with E-state index >= 15 is 0 Å². The van der Waals surface area contributed by atoms with Crippen LogP contribution in [0.1, 0.15) is 27.7 Å². The van der Waals surface area contributed by atoms with Crippen molar-refractivity contribution in [2.45, 2.75) is 39.3 Å². The summed E-state index contributed by atoms with van der Waals surface area (Å²) in [5.74, 6) is 0. The molecule has 0 aliphatic carbocycles. The molecule has 1 heterocycles. The standard InChI is InChI=1S/C8H15NO2/c1-6-5-9(7(10)11-6)8(2,3)4/h6H,5H2,1-4H3/t6-/m1/s1. The van der Waals surface area contributed by atoms with E-state index in [1.54, 1.807) is 4.90 Å². The van der Waals surface area contributed by atoms with Crippen LogP contribution in [0.5, 0.6) is 0 Å². The summed E-state index contributed by atoms with van der Waals surface area (Å²) in [6.07, 6.45) is -0.147. The van der Waals surface area contributed by atoms with Crippen LogP contribution in [-0.4, -0.2) is 29.2 Å². The van der Waals surface area contributed by atoms with E-state index in [4.69, 9.17) is 4.74 Å². The predicted molar refractivity (Wildman–Crippen MR) is 42.4 cm³/mol. The summed E-state index contributed by atoms with van der Waals surface area (Å²) in [6, 6.07) is 0. The first-order valence-electron chi connectivity index (χ1n) is 3.89. The minimum atomic E-state index is -0.190. The number of carbonyl (C=O) groups is 1. The van der Waals surface area contributed by atoms with Gasteiger partial charge in [0.05, 0.1) is 6.54 Å². The molecule has 1 saturated heterocycles. The van der Waals surface area contributed by atoms with E-state index in [0.29, 0.717) is 6.54 Å². The van der Waals surface area contributed by atoms with Crippen LogP contribution >= 0.6 is 0 Å². The number of cyclic esters (lactones) is 1. The molecule has 1 amide bonds. The maximum Gasteiger partial charge on any atom is 0.410 e. The van der Waals surface area contributed by atoms with Gasteiger partial charge in [0.2, 0.25) is 0 Å². The van der Waals surface area contributed by atoms with Crippen molar-refractivity contribution >= 4 is 6.09 Å². The second kappa shape index (κ2) is 2.40. The van der Waals surface area contributed by atoms with Crippen LogP contribution in [0.3, 0.4) is 0 Å². The van der Waals surface area contributed by atoms with Crippen LogP contribution in [0, 0.1) is 0 Å². The van der Waals surface area contributed by atoms with Gasteiger partial charge in [0, 0.05) is 5.54 Å². The Morgan fingerprint density at radius 3 is 2.27 bits per heavy atom. The normalized spacial score (nSPS) is 25.6. The molecule has 0 aromatic heterocycles. The lowest BCUT2D eigenvalue weighted by Gasteiger charge is -2.28. The molecule has 1 aliphatic rings. The van der Waals surface area contributed by atoms with Gasteiger partial charge in [0.15, 0.2) is 0 Å². The molecule has 0 spiro atoms. The maximum absolute atomic E-state index is 11.1. The quantitative estimate of drug-likeness (QED) is 0.534. The number of rotatable bonds is 0. The van der Waals surface area contributed by atoms with E-state index < -0.39 is 0 Å². The first-order chi connectivity index (χ1) is 4.91. The second-order valence-corrected chi connectivity index (χ2v) is 3.98. The van der Waals surface area contributed by atoms with Crippen molar-refractivity contribution in [2.24, 2.45) is 0 Å². The summed E-state index contributed by atoms with van der Waals surface area (Å²) >= 11 is 0. The van der Waals surface area contributed by atoms with Crippen molar-refractivity contribution in [1.29, 1.82) is 0 Å². The third-order valence-electron chi connectivity index (χ3n) is 1.77. The van der Waals surface area contributed by atoms with Crippen molar-refractivity contribution in [1.82, 2.24) is 4.90 Å². The van der Waals surface area contributed by atoms with Gasteiger partial charge in [-0.15, -0.1) is 0 Å². The van der Waals surface area contributed by atoms with Gasteiger partial charge in [-0.1, -0.05) is 0 Å². The molecule has 0 radical (unpaired) electrons. The topological polar surface area (TPSA) is 29.5 Å². The Hall–Kier alpha value is -0.730. The summed E-state index contributed by atoms with van der Waals surface area (Å²) in [4.78, 5) is 12.9. The van der Waals surface area contributed by atoms with Gasteiger partial charge in [-0.3, -0.25) is 4.90 Å². The first-order valence-corrected chi connectivity index (χ1v) is 3.89. The van der Waals surface area contributed by atoms with E-state index in [1.165, 1.54) is 0 Å². The lowest BCUT2D eigenvalue weighted by molar-refractivity contribution is 0.123. The largest absolute Gasteiger partial charge is 0.444 e. The zero-order valence-electron chi connectivity index (χ0n) is 7.55. The Labute approximate surface area is 67.3 Å². The Bertz CT molecular complexity index is 171. The third-order valence-corrected chi connectivity index (χ3v) is 1.77. The van der Waals surface area contributed by atoms with Crippen LogP contribution in [0.25, 0.3) is 0 Å². The Morgan fingerprint density at radius 1 is 1.55 bits per heavy atom. The highest BCUT2D eigenvalue weighted by molar-refractivity contribution is 5.70. The van der Waals surface area contributed by atoms with Gasteiger partial charge in [-0.25, -0.2) is 4.79 Å². The van der Waals surface area contributed by atoms with E-state index in [1.807, 2.05) is 27.7 Å². The van der Waals surface area contributed by atoms with Crippen LogP contribution in [0.15, 0.2) is 0 Å². The van der Waals surface area contributed by atoms with Crippen molar-refractivity contribution in [2.75, 3.05) is 6.54 Å². The van der Waals surface area contributed by atoms with Crippen LogP contribution in [0.4, 0.5) is 4.79 Å². The van der Waals surface area contributed by atoms with Crippen LogP contribution in [-0.2, 0) is 4.74 Å². The summed E-state index contributed by atoms with van der Waals surface area (Å²) in [5.41, 5.74) is -0.109. The van der Waals surface area contributed by atoms with E-state index in [0.717, 1.165) is 0 Å². The average Bonchev–Trinajstić information content (AvgIpc) is 2.08. The lowest BCUT2D eigenvalue weighted by Crippen LogP contribution is -2.42. The third kappa shape index (κ3) is 1.64.